The lowest BCUT2D eigenvalue weighted by Crippen LogP contribution is -2.01. The Labute approximate surface area is 105 Å². The van der Waals surface area contributed by atoms with Crippen LogP contribution in [0.3, 0.4) is 0 Å². The van der Waals surface area contributed by atoms with Crippen LogP contribution in [0.4, 0.5) is 0 Å². The highest BCUT2D eigenvalue weighted by atomic mass is 32.2. The van der Waals surface area contributed by atoms with Crippen molar-refractivity contribution < 1.29 is 5.11 Å². The van der Waals surface area contributed by atoms with Crippen LogP contribution in [0.5, 0.6) is 0 Å². The van der Waals surface area contributed by atoms with Crippen molar-refractivity contribution in [1.82, 2.24) is 0 Å². The number of aliphatic hydroxyl groups is 1. The van der Waals surface area contributed by atoms with E-state index in [-0.39, 0.29) is 6.10 Å². The Morgan fingerprint density at radius 2 is 1.94 bits per heavy atom. The first-order chi connectivity index (χ1) is 8.24. The van der Waals surface area contributed by atoms with Crippen molar-refractivity contribution in [2.75, 3.05) is 0 Å². The predicted octanol–water partition coefficient (Wildman–Crippen LogP) is 3.74. The Balaban J connectivity index is 2.14. The molecule has 0 spiro atoms. The fourth-order valence-corrected chi connectivity index (χ4v) is 3.34. The maximum absolute atomic E-state index is 10.3. The molecular formula is C15H14OS. The standard InChI is InChI=1S/C15H14OS/c1-10-6-7-15-12(8-10)13(16)9-11-4-2-3-5-14(11)17-15/h2-8,13,16H,9H2,1H3. The topological polar surface area (TPSA) is 20.2 Å². The minimum Gasteiger partial charge on any atom is -0.388 e. The predicted molar refractivity (Wildman–Crippen MR) is 70.4 cm³/mol. The van der Waals surface area contributed by atoms with Crippen molar-refractivity contribution in [3.63, 3.8) is 0 Å². The van der Waals surface area contributed by atoms with Gasteiger partial charge in [0.15, 0.2) is 0 Å². The van der Waals surface area contributed by atoms with Gasteiger partial charge in [-0.2, -0.15) is 0 Å². The van der Waals surface area contributed by atoms with Crippen LogP contribution in [0.25, 0.3) is 0 Å². The number of fused-ring (bicyclic) bond motifs is 2. The molecule has 1 N–H and O–H groups in total. The maximum atomic E-state index is 10.3. The SMILES string of the molecule is Cc1ccc2c(c1)C(O)Cc1ccccc1S2. The van der Waals surface area contributed by atoms with Crippen molar-refractivity contribution in [3.05, 3.63) is 59.2 Å². The zero-order valence-corrected chi connectivity index (χ0v) is 10.5. The van der Waals surface area contributed by atoms with E-state index in [9.17, 15) is 5.11 Å². The van der Waals surface area contributed by atoms with Crippen LogP contribution in [0.2, 0.25) is 0 Å². The average molecular weight is 242 g/mol. The van der Waals surface area contributed by atoms with E-state index < -0.39 is 0 Å². The Bertz CT molecular complexity index is 563. The summed E-state index contributed by atoms with van der Waals surface area (Å²) in [7, 11) is 0. The molecule has 1 heterocycles. The average Bonchev–Trinajstić information content (AvgIpc) is 2.46. The van der Waals surface area contributed by atoms with Gasteiger partial charge in [0.05, 0.1) is 6.10 Å². The largest absolute Gasteiger partial charge is 0.388 e. The Morgan fingerprint density at radius 1 is 1.12 bits per heavy atom. The van der Waals surface area contributed by atoms with Crippen molar-refractivity contribution >= 4 is 11.8 Å². The number of aliphatic hydroxyl groups excluding tert-OH is 1. The summed E-state index contributed by atoms with van der Waals surface area (Å²) < 4.78 is 0. The number of aryl methyl sites for hydroxylation is 1. The number of benzene rings is 2. The number of hydrogen-bond donors (Lipinski definition) is 1. The fourth-order valence-electron chi connectivity index (χ4n) is 2.23. The molecule has 3 rings (SSSR count). The summed E-state index contributed by atoms with van der Waals surface area (Å²) in [4.78, 5) is 2.43. The molecule has 1 nitrogen and oxygen atoms in total. The molecule has 0 fully saturated rings. The maximum Gasteiger partial charge on any atom is 0.0841 e. The van der Waals surface area contributed by atoms with Crippen LogP contribution < -0.4 is 0 Å². The summed E-state index contributed by atoms with van der Waals surface area (Å²) in [6, 6.07) is 14.6. The lowest BCUT2D eigenvalue weighted by atomic mass is 10.0. The molecule has 1 atom stereocenters. The third-order valence-corrected chi connectivity index (χ3v) is 4.34. The summed E-state index contributed by atoms with van der Waals surface area (Å²) in [6.45, 7) is 2.07. The fraction of sp³-hybridized carbons (Fsp3) is 0.200. The molecule has 0 radical (unpaired) electrons. The summed E-state index contributed by atoms with van der Waals surface area (Å²) in [5.74, 6) is 0. The number of rotatable bonds is 0. The molecule has 86 valence electrons. The first kappa shape index (κ1) is 10.9. The molecular weight excluding hydrogens is 228 g/mol. The molecule has 1 aliphatic heterocycles. The highest BCUT2D eigenvalue weighted by Crippen LogP contribution is 2.40. The van der Waals surface area contributed by atoms with Gasteiger partial charge in [0, 0.05) is 16.2 Å². The second-order valence-electron chi connectivity index (χ2n) is 4.47. The molecule has 0 aliphatic carbocycles. The molecule has 1 unspecified atom stereocenters. The normalized spacial score (nSPS) is 18.1. The molecule has 0 saturated carbocycles. The molecule has 0 bridgehead atoms. The van der Waals surface area contributed by atoms with Gasteiger partial charge < -0.3 is 5.11 Å². The van der Waals surface area contributed by atoms with Gasteiger partial charge in [-0.15, -0.1) is 0 Å². The van der Waals surface area contributed by atoms with E-state index in [1.165, 1.54) is 20.9 Å². The summed E-state index contributed by atoms with van der Waals surface area (Å²) in [6.07, 6.45) is 0.320. The van der Waals surface area contributed by atoms with Crippen LogP contribution in [-0.4, -0.2) is 5.11 Å². The van der Waals surface area contributed by atoms with Gasteiger partial charge in [-0.3, -0.25) is 0 Å². The highest BCUT2D eigenvalue weighted by Gasteiger charge is 2.20. The van der Waals surface area contributed by atoms with Gasteiger partial charge in [0.25, 0.3) is 0 Å². The quantitative estimate of drug-likeness (QED) is 0.759. The lowest BCUT2D eigenvalue weighted by molar-refractivity contribution is 0.175. The summed E-state index contributed by atoms with van der Waals surface area (Å²) in [5, 5.41) is 10.3. The smallest absolute Gasteiger partial charge is 0.0841 e. The van der Waals surface area contributed by atoms with Crippen molar-refractivity contribution in [3.8, 4) is 0 Å². The van der Waals surface area contributed by atoms with Gasteiger partial charge >= 0.3 is 0 Å². The molecule has 1 aliphatic rings. The van der Waals surface area contributed by atoms with Crippen molar-refractivity contribution in [2.24, 2.45) is 0 Å². The molecule has 2 aromatic carbocycles. The Kier molecular flexibility index (Phi) is 2.69. The molecule has 17 heavy (non-hydrogen) atoms. The summed E-state index contributed by atoms with van der Waals surface area (Å²) in [5.41, 5.74) is 3.50. The van der Waals surface area contributed by atoms with E-state index in [4.69, 9.17) is 0 Å². The minimum atomic E-state index is -0.388. The van der Waals surface area contributed by atoms with Gasteiger partial charge in [-0.25, -0.2) is 0 Å². The zero-order chi connectivity index (χ0) is 11.8. The van der Waals surface area contributed by atoms with Gasteiger partial charge in [0.1, 0.15) is 0 Å². The monoisotopic (exact) mass is 242 g/mol. The first-order valence-corrected chi connectivity index (χ1v) is 6.60. The van der Waals surface area contributed by atoms with E-state index in [1.807, 2.05) is 6.07 Å². The second kappa shape index (κ2) is 4.21. The van der Waals surface area contributed by atoms with Crippen molar-refractivity contribution in [1.29, 1.82) is 0 Å². The van der Waals surface area contributed by atoms with Crippen LogP contribution in [0.15, 0.2) is 52.3 Å². The van der Waals surface area contributed by atoms with E-state index in [0.29, 0.717) is 6.42 Å². The van der Waals surface area contributed by atoms with Gasteiger partial charge in [-0.05, 0) is 30.2 Å². The molecule has 0 amide bonds. The van der Waals surface area contributed by atoms with E-state index >= 15 is 0 Å². The van der Waals surface area contributed by atoms with Crippen molar-refractivity contribution in [2.45, 2.75) is 29.2 Å². The minimum absolute atomic E-state index is 0.388. The van der Waals surface area contributed by atoms with E-state index in [0.717, 1.165) is 5.56 Å². The zero-order valence-electron chi connectivity index (χ0n) is 9.68. The molecule has 2 aromatic rings. The number of hydrogen-bond acceptors (Lipinski definition) is 2. The van der Waals surface area contributed by atoms with Gasteiger partial charge in [0.2, 0.25) is 0 Å². The van der Waals surface area contributed by atoms with Gasteiger partial charge in [-0.1, -0.05) is 47.7 Å². The first-order valence-electron chi connectivity index (χ1n) is 5.78. The molecule has 2 heteroatoms. The van der Waals surface area contributed by atoms with E-state index in [1.54, 1.807) is 11.8 Å². The van der Waals surface area contributed by atoms with E-state index in [2.05, 4.69) is 43.3 Å². The highest BCUT2D eigenvalue weighted by molar-refractivity contribution is 7.99. The summed E-state index contributed by atoms with van der Waals surface area (Å²) >= 11 is 1.76. The van der Waals surface area contributed by atoms with Crippen LogP contribution in [0, 0.1) is 6.92 Å². The third-order valence-electron chi connectivity index (χ3n) is 3.13. The van der Waals surface area contributed by atoms with Crippen LogP contribution >= 0.6 is 11.8 Å². The second-order valence-corrected chi connectivity index (χ2v) is 5.55. The Morgan fingerprint density at radius 3 is 2.82 bits per heavy atom. The van der Waals surface area contributed by atoms with Crippen LogP contribution in [-0.2, 0) is 6.42 Å². The third kappa shape index (κ3) is 1.99. The molecule has 0 saturated heterocycles. The van der Waals surface area contributed by atoms with Crippen LogP contribution in [0.1, 0.15) is 22.8 Å². The lowest BCUT2D eigenvalue weighted by Gasteiger charge is -2.11. The Hall–Kier alpha value is -1.25. The molecule has 0 aromatic heterocycles.